The van der Waals surface area contributed by atoms with Gasteiger partial charge in [0.25, 0.3) is 0 Å². The molecule has 4 heteroatoms. The number of fused-ring (bicyclic) bond motifs is 1. The van der Waals surface area contributed by atoms with Crippen molar-refractivity contribution in [2.75, 3.05) is 11.3 Å². The van der Waals surface area contributed by atoms with E-state index in [0.717, 1.165) is 16.8 Å². The van der Waals surface area contributed by atoms with Crippen molar-refractivity contribution in [3.8, 4) is 0 Å². The molecule has 68 valence electrons. The lowest BCUT2D eigenvalue weighted by Crippen LogP contribution is -1.92. The molecule has 1 heterocycles. The van der Waals surface area contributed by atoms with Gasteiger partial charge in [0.2, 0.25) is 0 Å². The van der Waals surface area contributed by atoms with Gasteiger partial charge >= 0.3 is 0 Å². The molecule has 0 aliphatic rings. The van der Waals surface area contributed by atoms with Crippen molar-refractivity contribution in [2.45, 2.75) is 6.92 Å². The molecule has 0 saturated heterocycles. The summed E-state index contributed by atoms with van der Waals surface area (Å²) in [5.74, 6) is 0.679. The minimum Gasteiger partial charge on any atom is -0.441 e. The van der Waals surface area contributed by atoms with Gasteiger partial charge < -0.3 is 9.73 Å². The SMILES string of the molecule is Cc1nc2ccc(NCCl)cc2o1. The Morgan fingerprint density at radius 1 is 1.54 bits per heavy atom. The van der Waals surface area contributed by atoms with E-state index in [4.69, 9.17) is 16.0 Å². The molecule has 1 aromatic carbocycles. The average molecular weight is 197 g/mol. The molecule has 3 nitrogen and oxygen atoms in total. The molecule has 0 aliphatic heterocycles. The molecule has 2 rings (SSSR count). The van der Waals surface area contributed by atoms with Crippen molar-refractivity contribution >= 4 is 28.4 Å². The summed E-state index contributed by atoms with van der Waals surface area (Å²) in [5, 5.41) is 2.99. The van der Waals surface area contributed by atoms with Gasteiger partial charge in [-0.05, 0) is 12.1 Å². The Morgan fingerprint density at radius 3 is 3.15 bits per heavy atom. The lowest BCUT2D eigenvalue weighted by atomic mass is 10.3. The molecule has 13 heavy (non-hydrogen) atoms. The first kappa shape index (κ1) is 8.38. The summed E-state index contributed by atoms with van der Waals surface area (Å²) in [6.45, 7) is 1.83. The Kier molecular flexibility index (Phi) is 2.10. The standard InChI is InChI=1S/C9H9ClN2O/c1-6-12-8-3-2-7(11-5-10)4-9(8)13-6/h2-4,11H,5H2,1H3. The third-order valence-electron chi connectivity index (χ3n) is 1.77. The number of anilines is 1. The highest BCUT2D eigenvalue weighted by Gasteiger charge is 2.01. The van der Waals surface area contributed by atoms with E-state index in [1.807, 2.05) is 25.1 Å². The predicted molar refractivity (Wildman–Crippen MR) is 53.1 cm³/mol. The van der Waals surface area contributed by atoms with Gasteiger partial charge in [-0.2, -0.15) is 0 Å². The van der Waals surface area contributed by atoms with Crippen molar-refractivity contribution in [3.05, 3.63) is 24.1 Å². The molecule has 1 N–H and O–H groups in total. The molecule has 0 spiro atoms. The Hall–Kier alpha value is -1.22. The van der Waals surface area contributed by atoms with Crippen LogP contribution >= 0.6 is 11.6 Å². The number of alkyl halides is 1. The Bertz CT molecular complexity index is 424. The molecule has 0 unspecified atom stereocenters. The van der Waals surface area contributed by atoms with E-state index in [1.54, 1.807) is 0 Å². The lowest BCUT2D eigenvalue weighted by Gasteiger charge is -1.99. The fraction of sp³-hybridized carbons (Fsp3) is 0.222. The largest absolute Gasteiger partial charge is 0.441 e. The summed E-state index contributed by atoms with van der Waals surface area (Å²) < 4.78 is 5.36. The summed E-state index contributed by atoms with van der Waals surface area (Å²) in [4.78, 5) is 4.19. The molecule has 0 fully saturated rings. The zero-order valence-corrected chi connectivity index (χ0v) is 7.93. The normalized spacial score (nSPS) is 10.6. The zero-order chi connectivity index (χ0) is 9.26. The van der Waals surface area contributed by atoms with E-state index in [-0.39, 0.29) is 0 Å². The highest BCUT2D eigenvalue weighted by atomic mass is 35.5. The second-order valence-electron chi connectivity index (χ2n) is 2.73. The molecule has 0 bridgehead atoms. The first-order valence-corrected chi connectivity index (χ1v) is 4.50. The number of aromatic nitrogens is 1. The van der Waals surface area contributed by atoms with Crippen molar-refractivity contribution in [1.82, 2.24) is 4.98 Å². The van der Waals surface area contributed by atoms with Crippen LogP contribution in [0.2, 0.25) is 0 Å². The van der Waals surface area contributed by atoms with Crippen LogP contribution in [-0.2, 0) is 0 Å². The molecule has 0 saturated carbocycles. The summed E-state index contributed by atoms with van der Waals surface area (Å²) >= 11 is 5.54. The number of hydrogen-bond acceptors (Lipinski definition) is 3. The first-order valence-electron chi connectivity index (χ1n) is 3.96. The number of nitrogens with zero attached hydrogens (tertiary/aromatic N) is 1. The van der Waals surface area contributed by atoms with Crippen LogP contribution in [0, 0.1) is 6.92 Å². The highest BCUT2D eigenvalue weighted by Crippen LogP contribution is 2.19. The molecular formula is C9H9ClN2O. The van der Waals surface area contributed by atoms with Gasteiger partial charge in [0.1, 0.15) is 5.52 Å². The van der Waals surface area contributed by atoms with Crippen LogP contribution in [0.4, 0.5) is 5.69 Å². The maximum atomic E-state index is 5.54. The topological polar surface area (TPSA) is 38.1 Å². The van der Waals surface area contributed by atoms with Gasteiger partial charge in [0.15, 0.2) is 11.5 Å². The van der Waals surface area contributed by atoms with E-state index in [2.05, 4.69) is 10.3 Å². The lowest BCUT2D eigenvalue weighted by molar-refractivity contribution is 0.561. The summed E-state index contributed by atoms with van der Waals surface area (Å²) in [6, 6.07) is 6.10. The molecular weight excluding hydrogens is 188 g/mol. The van der Waals surface area contributed by atoms with Gasteiger partial charge in [-0.25, -0.2) is 4.98 Å². The number of halogens is 1. The Labute approximate surface area is 80.7 Å². The van der Waals surface area contributed by atoms with Crippen LogP contribution in [0.1, 0.15) is 5.89 Å². The number of nitrogens with one attached hydrogen (secondary N) is 1. The van der Waals surface area contributed by atoms with Crippen molar-refractivity contribution < 1.29 is 4.42 Å². The van der Waals surface area contributed by atoms with Gasteiger partial charge in [0.05, 0.1) is 6.00 Å². The second kappa shape index (κ2) is 3.26. The van der Waals surface area contributed by atoms with Gasteiger partial charge in [-0.1, -0.05) is 0 Å². The third-order valence-corrected chi connectivity index (χ3v) is 1.90. The highest BCUT2D eigenvalue weighted by molar-refractivity contribution is 6.18. The molecule has 0 atom stereocenters. The molecule has 0 amide bonds. The number of rotatable bonds is 2. The summed E-state index contributed by atoms with van der Waals surface area (Å²) in [7, 11) is 0. The Balaban J connectivity index is 2.48. The van der Waals surface area contributed by atoms with Crippen LogP contribution in [-0.4, -0.2) is 11.0 Å². The van der Waals surface area contributed by atoms with Crippen molar-refractivity contribution in [3.63, 3.8) is 0 Å². The van der Waals surface area contributed by atoms with Gasteiger partial charge in [0, 0.05) is 18.7 Å². The van der Waals surface area contributed by atoms with Crippen molar-refractivity contribution in [2.24, 2.45) is 0 Å². The van der Waals surface area contributed by atoms with Gasteiger partial charge in [-0.3, -0.25) is 0 Å². The second-order valence-corrected chi connectivity index (χ2v) is 2.99. The Morgan fingerprint density at radius 2 is 2.38 bits per heavy atom. The smallest absolute Gasteiger partial charge is 0.192 e. The number of hydrogen-bond donors (Lipinski definition) is 1. The van der Waals surface area contributed by atoms with Crippen molar-refractivity contribution in [1.29, 1.82) is 0 Å². The van der Waals surface area contributed by atoms with Crippen LogP contribution in [0.25, 0.3) is 11.1 Å². The minimum atomic E-state index is 0.388. The van der Waals surface area contributed by atoms with E-state index in [9.17, 15) is 0 Å². The van der Waals surface area contributed by atoms with Gasteiger partial charge in [-0.15, -0.1) is 11.6 Å². The summed E-state index contributed by atoms with van der Waals surface area (Å²) in [6.07, 6.45) is 0. The quantitative estimate of drug-likeness (QED) is 0.593. The van der Waals surface area contributed by atoms with E-state index >= 15 is 0 Å². The zero-order valence-electron chi connectivity index (χ0n) is 7.17. The molecule has 0 radical (unpaired) electrons. The monoisotopic (exact) mass is 196 g/mol. The van der Waals surface area contributed by atoms with E-state index in [0.29, 0.717) is 11.9 Å². The fourth-order valence-corrected chi connectivity index (χ4v) is 1.38. The van der Waals surface area contributed by atoms with E-state index < -0.39 is 0 Å². The van der Waals surface area contributed by atoms with Crippen LogP contribution in [0.3, 0.4) is 0 Å². The number of oxazole rings is 1. The maximum Gasteiger partial charge on any atom is 0.192 e. The average Bonchev–Trinajstić information content (AvgIpc) is 2.44. The van der Waals surface area contributed by atoms with Crippen LogP contribution < -0.4 is 5.32 Å². The molecule has 0 aliphatic carbocycles. The number of aryl methyl sites for hydroxylation is 1. The van der Waals surface area contributed by atoms with Crippen LogP contribution in [0.15, 0.2) is 22.6 Å². The number of benzene rings is 1. The maximum absolute atomic E-state index is 5.54. The first-order chi connectivity index (χ1) is 6.29. The van der Waals surface area contributed by atoms with E-state index in [1.165, 1.54) is 0 Å². The predicted octanol–water partition coefficient (Wildman–Crippen LogP) is 2.74. The third kappa shape index (κ3) is 1.60. The molecule has 1 aromatic heterocycles. The minimum absolute atomic E-state index is 0.388. The fourth-order valence-electron chi connectivity index (χ4n) is 1.23. The molecule has 2 aromatic rings. The van der Waals surface area contributed by atoms with Crippen LogP contribution in [0.5, 0.6) is 0 Å². The summed E-state index contributed by atoms with van der Waals surface area (Å²) in [5.41, 5.74) is 2.60.